The van der Waals surface area contributed by atoms with E-state index in [9.17, 15) is 9.90 Å². The average molecular weight is 276 g/mol. The van der Waals surface area contributed by atoms with Crippen LogP contribution in [-0.2, 0) is 13.5 Å². The number of hydrogen-bond acceptors (Lipinski definition) is 5. The first-order chi connectivity index (χ1) is 9.60. The Morgan fingerprint density at radius 1 is 1.50 bits per heavy atom. The highest BCUT2D eigenvalue weighted by Gasteiger charge is 2.12. The van der Waals surface area contributed by atoms with Crippen molar-refractivity contribution >= 4 is 5.91 Å². The van der Waals surface area contributed by atoms with E-state index in [0.29, 0.717) is 24.5 Å². The number of aryl methyl sites for hydroxylation is 1. The van der Waals surface area contributed by atoms with Crippen molar-refractivity contribution in [3.05, 3.63) is 35.9 Å². The van der Waals surface area contributed by atoms with Gasteiger partial charge >= 0.3 is 0 Å². The fourth-order valence-electron chi connectivity index (χ4n) is 1.71. The molecular weight excluding hydrogens is 260 g/mol. The van der Waals surface area contributed by atoms with Crippen molar-refractivity contribution in [2.75, 3.05) is 13.7 Å². The maximum absolute atomic E-state index is 12.0. The maximum Gasteiger partial charge on any atom is 0.255 e. The Morgan fingerprint density at radius 2 is 2.30 bits per heavy atom. The van der Waals surface area contributed by atoms with E-state index in [1.165, 1.54) is 19.2 Å². The lowest BCUT2D eigenvalue weighted by Crippen LogP contribution is -2.26. The summed E-state index contributed by atoms with van der Waals surface area (Å²) in [7, 11) is 3.28. The molecule has 0 aliphatic carbocycles. The molecule has 106 valence electrons. The molecule has 7 heteroatoms. The Labute approximate surface area is 116 Å². The molecule has 0 saturated carbocycles. The molecule has 2 N–H and O–H groups in total. The number of aromatic hydroxyl groups is 1. The van der Waals surface area contributed by atoms with Crippen molar-refractivity contribution in [3.8, 4) is 11.5 Å². The van der Waals surface area contributed by atoms with Crippen LogP contribution in [0.1, 0.15) is 16.2 Å². The second-order valence-electron chi connectivity index (χ2n) is 4.22. The van der Waals surface area contributed by atoms with Gasteiger partial charge in [-0.15, -0.1) is 0 Å². The van der Waals surface area contributed by atoms with Crippen LogP contribution in [0.2, 0.25) is 0 Å². The van der Waals surface area contributed by atoms with Gasteiger partial charge in [-0.25, -0.2) is 4.98 Å². The van der Waals surface area contributed by atoms with E-state index in [2.05, 4.69) is 15.4 Å². The summed E-state index contributed by atoms with van der Waals surface area (Å²) in [5, 5.41) is 16.5. The molecule has 0 aliphatic heterocycles. The van der Waals surface area contributed by atoms with E-state index >= 15 is 0 Å². The van der Waals surface area contributed by atoms with Gasteiger partial charge in [-0.2, -0.15) is 5.10 Å². The minimum absolute atomic E-state index is 0.0840. The first-order valence-corrected chi connectivity index (χ1v) is 6.10. The van der Waals surface area contributed by atoms with E-state index in [1.807, 2.05) is 0 Å². The Morgan fingerprint density at radius 3 is 2.95 bits per heavy atom. The van der Waals surface area contributed by atoms with Crippen molar-refractivity contribution in [2.45, 2.75) is 6.42 Å². The van der Waals surface area contributed by atoms with E-state index in [0.717, 1.165) is 0 Å². The first-order valence-electron chi connectivity index (χ1n) is 6.10. The van der Waals surface area contributed by atoms with Crippen LogP contribution in [0.4, 0.5) is 0 Å². The number of amides is 1. The van der Waals surface area contributed by atoms with Gasteiger partial charge < -0.3 is 15.2 Å². The Bertz CT molecular complexity index is 609. The zero-order valence-electron chi connectivity index (χ0n) is 11.3. The normalized spacial score (nSPS) is 10.3. The van der Waals surface area contributed by atoms with Crippen LogP contribution in [0, 0.1) is 0 Å². The largest absolute Gasteiger partial charge is 0.507 e. The first kappa shape index (κ1) is 13.9. The van der Waals surface area contributed by atoms with Gasteiger partial charge in [0.15, 0.2) is 5.82 Å². The number of phenolic OH excluding ortho intramolecular Hbond substituents is 1. The minimum atomic E-state index is -0.364. The van der Waals surface area contributed by atoms with Crippen molar-refractivity contribution in [2.24, 2.45) is 7.05 Å². The second-order valence-corrected chi connectivity index (χ2v) is 4.22. The number of carbonyl (C=O) groups is 1. The van der Waals surface area contributed by atoms with Gasteiger partial charge in [-0.3, -0.25) is 9.48 Å². The number of rotatable bonds is 5. The highest BCUT2D eigenvalue weighted by atomic mass is 16.5. The number of methoxy groups -OCH3 is 1. The van der Waals surface area contributed by atoms with Crippen LogP contribution in [0.25, 0.3) is 0 Å². The highest BCUT2D eigenvalue weighted by Crippen LogP contribution is 2.22. The molecule has 0 saturated heterocycles. The molecule has 1 aromatic heterocycles. The van der Waals surface area contributed by atoms with E-state index in [-0.39, 0.29) is 17.2 Å². The molecule has 1 amide bonds. The third-order valence-corrected chi connectivity index (χ3v) is 2.73. The lowest BCUT2D eigenvalue weighted by molar-refractivity contribution is 0.0951. The van der Waals surface area contributed by atoms with Gasteiger partial charge in [0.1, 0.15) is 17.8 Å². The summed E-state index contributed by atoms with van der Waals surface area (Å²) < 4.78 is 6.62. The molecule has 0 unspecified atom stereocenters. The molecule has 2 aromatic rings. The standard InChI is InChI=1S/C13H16N4O3/c1-17-8-15-12(16-17)5-6-14-13(19)10-7-9(20-2)3-4-11(10)18/h3-4,7-8,18H,5-6H2,1-2H3,(H,14,19). The van der Waals surface area contributed by atoms with Gasteiger partial charge in [0.2, 0.25) is 0 Å². The summed E-state index contributed by atoms with van der Waals surface area (Å²) in [4.78, 5) is 16.0. The van der Waals surface area contributed by atoms with Gasteiger partial charge in [0.25, 0.3) is 5.91 Å². The smallest absolute Gasteiger partial charge is 0.255 e. The molecule has 7 nitrogen and oxygen atoms in total. The summed E-state index contributed by atoms with van der Waals surface area (Å²) in [6.07, 6.45) is 2.13. The SMILES string of the molecule is COc1ccc(O)c(C(=O)NCCc2ncn(C)n2)c1. The van der Waals surface area contributed by atoms with Crippen molar-refractivity contribution < 1.29 is 14.6 Å². The van der Waals surface area contributed by atoms with Crippen LogP contribution in [0.5, 0.6) is 11.5 Å². The molecule has 0 bridgehead atoms. The third kappa shape index (κ3) is 3.25. The Kier molecular flexibility index (Phi) is 4.19. The van der Waals surface area contributed by atoms with Gasteiger partial charge in [-0.1, -0.05) is 0 Å². The molecule has 1 heterocycles. The number of carbonyl (C=O) groups excluding carboxylic acids is 1. The molecule has 0 radical (unpaired) electrons. The Balaban J connectivity index is 1.94. The molecule has 0 fully saturated rings. The fraction of sp³-hybridized carbons (Fsp3) is 0.308. The summed E-state index contributed by atoms with van der Waals surface area (Å²) in [6, 6.07) is 4.50. The van der Waals surface area contributed by atoms with E-state index in [1.54, 1.807) is 24.1 Å². The lowest BCUT2D eigenvalue weighted by atomic mass is 10.1. The van der Waals surface area contributed by atoms with Gasteiger partial charge in [-0.05, 0) is 18.2 Å². The quantitative estimate of drug-likeness (QED) is 0.830. The number of benzene rings is 1. The van der Waals surface area contributed by atoms with Gasteiger partial charge in [0.05, 0.1) is 12.7 Å². The predicted molar refractivity (Wildman–Crippen MR) is 71.7 cm³/mol. The van der Waals surface area contributed by atoms with Crippen LogP contribution in [-0.4, -0.2) is 39.4 Å². The van der Waals surface area contributed by atoms with Crippen LogP contribution >= 0.6 is 0 Å². The molecule has 0 spiro atoms. The summed E-state index contributed by atoms with van der Waals surface area (Å²) in [5.41, 5.74) is 0.179. The molecule has 0 aliphatic rings. The molecule has 2 rings (SSSR count). The summed E-state index contributed by atoms with van der Waals surface area (Å²) >= 11 is 0. The zero-order chi connectivity index (χ0) is 14.5. The third-order valence-electron chi connectivity index (χ3n) is 2.73. The van der Waals surface area contributed by atoms with Crippen molar-refractivity contribution in [1.29, 1.82) is 0 Å². The van der Waals surface area contributed by atoms with E-state index in [4.69, 9.17) is 4.74 Å². The van der Waals surface area contributed by atoms with Crippen molar-refractivity contribution in [1.82, 2.24) is 20.1 Å². The fourth-order valence-corrected chi connectivity index (χ4v) is 1.71. The van der Waals surface area contributed by atoms with E-state index < -0.39 is 0 Å². The molecule has 1 aromatic carbocycles. The topological polar surface area (TPSA) is 89.3 Å². The summed E-state index contributed by atoms with van der Waals surface area (Å²) in [5.74, 6) is 0.721. The van der Waals surface area contributed by atoms with Crippen molar-refractivity contribution in [3.63, 3.8) is 0 Å². The highest BCUT2D eigenvalue weighted by molar-refractivity contribution is 5.97. The minimum Gasteiger partial charge on any atom is -0.507 e. The number of ether oxygens (including phenoxy) is 1. The monoisotopic (exact) mass is 276 g/mol. The number of hydrogen-bond donors (Lipinski definition) is 2. The molecule has 0 atom stereocenters. The molecular formula is C13H16N4O3. The van der Waals surface area contributed by atoms with Crippen LogP contribution in [0.15, 0.2) is 24.5 Å². The number of phenols is 1. The average Bonchev–Trinajstić information content (AvgIpc) is 2.85. The summed E-state index contributed by atoms with van der Waals surface area (Å²) in [6.45, 7) is 0.388. The van der Waals surface area contributed by atoms with Gasteiger partial charge in [0, 0.05) is 20.0 Å². The Hall–Kier alpha value is -2.57. The maximum atomic E-state index is 12.0. The zero-order valence-corrected chi connectivity index (χ0v) is 11.3. The number of aromatic nitrogens is 3. The predicted octanol–water partition coefficient (Wildman–Crippen LogP) is 0.502. The van der Waals surface area contributed by atoms with Crippen LogP contribution < -0.4 is 10.1 Å². The molecule has 20 heavy (non-hydrogen) atoms. The second kappa shape index (κ2) is 6.05. The lowest BCUT2D eigenvalue weighted by Gasteiger charge is -2.07. The van der Waals surface area contributed by atoms with Crippen LogP contribution in [0.3, 0.4) is 0 Å². The number of nitrogens with zero attached hydrogens (tertiary/aromatic N) is 3. The number of nitrogens with one attached hydrogen (secondary N) is 1.